The van der Waals surface area contributed by atoms with Gasteiger partial charge in [-0.05, 0) is 31.8 Å². The minimum Gasteiger partial charge on any atom is -0.460 e. The molecule has 2 rings (SSSR count). The molecule has 0 aliphatic carbocycles. The molecule has 2 aromatic rings. The van der Waals surface area contributed by atoms with Crippen molar-refractivity contribution in [2.75, 3.05) is 33.4 Å². The number of furan rings is 1. The van der Waals surface area contributed by atoms with E-state index in [0.29, 0.717) is 12.4 Å². The molecule has 25 heavy (non-hydrogen) atoms. The second-order valence-corrected chi connectivity index (χ2v) is 6.99. The molecule has 0 fully saturated rings. The lowest BCUT2D eigenvalue weighted by molar-refractivity contribution is -0.404. The molecule has 7 nitrogen and oxygen atoms in total. The summed E-state index contributed by atoms with van der Waals surface area (Å²) < 4.78 is 5.92. The van der Waals surface area contributed by atoms with Crippen LogP contribution in [0.5, 0.6) is 0 Å². The summed E-state index contributed by atoms with van der Waals surface area (Å²) in [5.74, 6) is 2.94. The highest BCUT2D eigenvalue weighted by atomic mass is 32.2. The fourth-order valence-electron chi connectivity index (χ4n) is 2.40. The Morgan fingerprint density at radius 2 is 2.20 bits per heavy atom. The first-order valence-corrected chi connectivity index (χ1v) is 9.14. The summed E-state index contributed by atoms with van der Waals surface area (Å²) >= 11 is 1.72. The lowest BCUT2D eigenvalue weighted by atomic mass is 10.1. The van der Waals surface area contributed by atoms with Crippen LogP contribution in [0.1, 0.15) is 11.3 Å². The van der Waals surface area contributed by atoms with Crippen LogP contribution >= 0.6 is 11.8 Å². The highest BCUT2D eigenvalue weighted by Crippen LogP contribution is 2.24. The average molecular weight is 364 g/mol. The molecule has 0 spiro atoms. The van der Waals surface area contributed by atoms with Crippen molar-refractivity contribution in [3.05, 3.63) is 57.7 Å². The van der Waals surface area contributed by atoms with Crippen LogP contribution < -0.4 is 10.6 Å². The van der Waals surface area contributed by atoms with Crippen molar-refractivity contribution in [2.24, 2.45) is 0 Å². The molecule has 0 saturated heterocycles. The van der Waals surface area contributed by atoms with E-state index in [0.717, 1.165) is 41.0 Å². The van der Waals surface area contributed by atoms with Crippen molar-refractivity contribution in [2.45, 2.75) is 12.3 Å². The van der Waals surface area contributed by atoms with E-state index in [-0.39, 0.29) is 0 Å². The van der Waals surface area contributed by atoms with E-state index >= 15 is 0 Å². The average Bonchev–Trinajstić information content (AvgIpc) is 2.94. The largest absolute Gasteiger partial charge is 0.460 e. The van der Waals surface area contributed by atoms with E-state index in [1.54, 1.807) is 18.8 Å². The number of hydrogen-bond donors (Lipinski definition) is 2. The van der Waals surface area contributed by atoms with Gasteiger partial charge in [0.2, 0.25) is 0 Å². The minimum absolute atomic E-state index is 0.405. The predicted octanol–water partition coefficient (Wildman–Crippen LogP) is 2.61. The van der Waals surface area contributed by atoms with Gasteiger partial charge in [0.1, 0.15) is 11.3 Å². The van der Waals surface area contributed by atoms with Crippen molar-refractivity contribution in [1.29, 1.82) is 0 Å². The van der Waals surface area contributed by atoms with Gasteiger partial charge in [-0.25, -0.2) is 0 Å². The van der Waals surface area contributed by atoms with Crippen LogP contribution in [-0.4, -0.2) is 43.3 Å². The molecular formula is C17H24N4O3S. The fourth-order valence-corrected chi connectivity index (χ4v) is 3.13. The summed E-state index contributed by atoms with van der Waals surface area (Å²) in [7, 11) is 5.74. The monoisotopic (exact) mass is 364 g/mol. The second kappa shape index (κ2) is 9.33. The summed E-state index contributed by atoms with van der Waals surface area (Å²) in [5.41, 5.74) is 2.15. The maximum atomic E-state index is 10.4. The molecule has 0 atom stereocenters. The Balaban J connectivity index is 1.82. The Labute approximate surface area is 151 Å². The van der Waals surface area contributed by atoms with E-state index in [2.05, 4.69) is 39.8 Å². The van der Waals surface area contributed by atoms with Crippen LogP contribution in [0.3, 0.4) is 0 Å². The molecule has 2 N–H and O–H groups in total. The third-order valence-corrected chi connectivity index (χ3v) is 4.43. The van der Waals surface area contributed by atoms with Crippen LogP contribution in [0.2, 0.25) is 0 Å². The number of rotatable bonds is 10. The van der Waals surface area contributed by atoms with Gasteiger partial charge in [-0.2, -0.15) is 11.8 Å². The standard InChI is InChI=1S/C17H24N4O3S/c1-18-17(11-21(22)23)19-6-7-25-12-15-9-14-5-4-13(10-20(2)3)8-16(14)24-15/h4-5,8-9,11,18-19H,6-7,10,12H2,1-3H3/b17-11+. The SMILES string of the molecule is CN/C(=C\[N+](=O)[O-])NCCSCc1cc2ccc(CN(C)C)cc2o1. The van der Waals surface area contributed by atoms with Gasteiger partial charge in [0, 0.05) is 31.3 Å². The third kappa shape index (κ3) is 6.32. The number of hydrogen-bond acceptors (Lipinski definition) is 7. The number of benzene rings is 1. The van der Waals surface area contributed by atoms with E-state index < -0.39 is 4.92 Å². The first-order chi connectivity index (χ1) is 12.0. The first kappa shape index (κ1) is 19.1. The first-order valence-electron chi connectivity index (χ1n) is 7.98. The Morgan fingerprint density at radius 1 is 1.40 bits per heavy atom. The van der Waals surface area contributed by atoms with Crippen molar-refractivity contribution >= 4 is 22.7 Å². The highest BCUT2D eigenvalue weighted by molar-refractivity contribution is 7.98. The zero-order valence-electron chi connectivity index (χ0n) is 14.7. The zero-order valence-corrected chi connectivity index (χ0v) is 15.6. The normalized spacial score (nSPS) is 11.9. The van der Waals surface area contributed by atoms with Crippen molar-refractivity contribution in [1.82, 2.24) is 15.5 Å². The van der Waals surface area contributed by atoms with Gasteiger partial charge >= 0.3 is 0 Å². The molecule has 0 saturated carbocycles. The Hall–Kier alpha value is -2.19. The van der Waals surface area contributed by atoms with Crippen molar-refractivity contribution < 1.29 is 9.34 Å². The van der Waals surface area contributed by atoms with Crippen LogP contribution in [0, 0.1) is 10.1 Å². The lowest BCUT2D eigenvalue weighted by Crippen LogP contribution is -2.26. The third-order valence-electron chi connectivity index (χ3n) is 3.44. The molecule has 0 unspecified atom stereocenters. The summed E-state index contributed by atoms with van der Waals surface area (Å²) in [5, 5.41) is 17.3. The van der Waals surface area contributed by atoms with Gasteiger partial charge in [0.05, 0.1) is 10.7 Å². The second-order valence-electron chi connectivity index (χ2n) is 5.88. The van der Waals surface area contributed by atoms with Crippen LogP contribution in [0.4, 0.5) is 0 Å². The van der Waals surface area contributed by atoms with Crippen LogP contribution in [-0.2, 0) is 12.3 Å². The predicted molar refractivity (Wildman–Crippen MR) is 102 cm³/mol. The molecule has 1 heterocycles. The summed E-state index contributed by atoms with van der Waals surface area (Å²) in [4.78, 5) is 12.1. The number of nitrogens with zero attached hydrogens (tertiary/aromatic N) is 2. The molecule has 0 aliphatic rings. The maximum Gasteiger partial charge on any atom is 0.274 e. The molecule has 0 radical (unpaired) electrons. The molecule has 1 aromatic heterocycles. The Morgan fingerprint density at radius 3 is 2.88 bits per heavy atom. The smallest absolute Gasteiger partial charge is 0.274 e. The van der Waals surface area contributed by atoms with Gasteiger partial charge in [-0.1, -0.05) is 12.1 Å². The maximum absolute atomic E-state index is 10.4. The topological polar surface area (TPSA) is 83.6 Å². The number of fused-ring (bicyclic) bond motifs is 1. The van der Waals surface area contributed by atoms with Crippen molar-refractivity contribution in [3.63, 3.8) is 0 Å². The zero-order chi connectivity index (χ0) is 18.2. The fraction of sp³-hybridized carbons (Fsp3) is 0.412. The Bertz CT molecular complexity index is 743. The molecule has 0 bridgehead atoms. The van der Waals surface area contributed by atoms with Gasteiger partial charge in [-0.3, -0.25) is 10.1 Å². The quantitative estimate of drug-likeness (QED) is 0.381. The van der Waals surface area contributed by atoms with E-state index in [4.69, 9.17) is 4.42 Å². The van der Waals surface area contributed by atoms with E-state index in [9.17, 15) is 10.1 Å². The molecule has 0 amide bonds. The molecule has 0 aliphatic heterocycles. The molecule has 8 heteroatoms. The Kier molecular flexibility index (Phi) is 7.15. The van der Waals surface area contributed by atoms with Gasteiger partial charge in [0.25, 0.3) is 6.20 Å². The van der Waals surface area contributed by atoms with Gasteiger partial charge < -0.3 is 20.0 Å². The minimum atomic E-state index is -0.481. The van der Waals surface area contributed by atoms with Gasteiger partial charge in [0.15, 0.2) is 5.82 Å². The highest BCUT2D eigenvalue weighted by Gasteiger charge is 2.06. The molecular weight excluding hydrogens is 340 g/mol. The lowest BCUT2D eigenvalue weighted by Gasteiger charge is -2.08. The number of thioether (sulfide) groups is 1. The number of nitrogens with one attached hydrogen (secondary N) is 2. The van der Waals surface area contributed by atoms with E-state index in [1.165, 1.54) is 5.56 Å². The summed E-state index contributed by atoms with van der Waals surface area (Å²) in [6.45, 7) is 1.52. The van der Waals surface area contributed by atoms with Crippen LogP contribution in [0.15, 0.2) is 40.7 Å². The number of nitro groups is 1. The van der Waals surface area contributed by atoms with E-state index in [1.807, 2.05) is 14.1 Å². The summed E-state index contributed by atoms with van der Waals surface area (Å²) in [6, 6.07) is 8.38. The summed E-state index contributed by atoms with van der Waals surface area (Å²) in [6.07, 6.45) is 0.926. The van der Waals surface area contributed by atoms with Gasteiger partial charge in [-0.15, -0.1) is 0 Å². The molecule has 136 valence electrons. The van der Waals surface area contributed by atoms with Crippen molar-refractivity contribution in [3.8, 4) is 0 Å². The molecule has 1 aromatic carbocycles. The van der Waals surface area contributed by atoms with Crippen LogP contribution in [0.25, 0.3) is 11.0 Å².